The van der Waals surface area contributed by atoms with Crippen LogP contribution in [-0.4, -0.2) is 103 Å². The van der Waals surface area contributed by atoms with Gasteiger partial charge in [0.05, 0.1) is 18.7 Å². The number of aliphatic hydroxyl groups excluding tert-OH is 1. The van der Waals surface area contributed by atoms with Crippen molar-refractivity contribution in [2.45, 2.75) is 123 Å². The first-order chi connectivity index (χ1) is 33.6. The summed E-state index contributed by atoms with van der Waals surface area (Å²) in [7, 11) is -1.59. The molecular weight excluding hydrogens is 931 g/mol. The topological polar surface area (TPSA) is 197 Å². The summed E-state index contributed by atoms with van der Waals surface area (Å²) in [6.07, 6.45) is 1.78. The molecule has 5 N–H and O–H groups in total. The maximum Gasteiger partial charge on any atom is 0.407 e. The highest BCUT2D eigenvalue weighted by Crippen LogP contribution is 2.41. The van der Waals surface area contributed by atoms with Crippen LogP contribution in [0.5, 0.6) is 0 Å². The van der Waals surface area contributed by atoms with Crippen LogP contribution in [0.4, 0.5) is 18.4 Å². The smallest absolute Gasteiger partial charge is 0.407 e. The number of benzene rings is 3. The molecule has 1 aromatic heterocycles. The van der Waals surface area contributed by atoms with Crippen LogP contribution in [0.15, 0.2) is 91.1 Å². The highest BCUT2D eigenvalue weighted by molar-refractivity contribution is 6.76. The van der Waals surface area contributed by atoms with Crippen LogP contribution in [0.1, 0.15) is 89.1 Å². The molecule has 18 heteroatoms. The molecule has 15 nitrogen and oxygen atoms in total. The Labute approximate surface area is 417 Å². The molecule has 0 aliphatic heterocycles. The Balaban J connectivity index is 1.48. The summed E-state index contributed by atoms with van der Waals surface area (Å²) in [4.78, 5) is 80.1. The zero-order valence-corrected chi connectivity index (χ0v) is 43.2. The van der Waals surface area contributed by atoms with Gasteiger partial charge in [-0.25, -0.2) is 18.4 Å². The van der Waals surface area contributed by atoms with Gasteiger partial charge in [-0.2, -0.15) is 0 Å². The molecule has 0 aliphatic rings. The summed E-state index contributed by atoms with van der Waals surface area (Å²) in [6, 6.07) is 21.5. The van der Waals surface area contributed by atoms with Crippen molar-refractivity contribution in [2.75, 3.05) is 32.8 Å². The quantitative estimate of drug-likeness (QED) is 0.0288. The van der Waals surface area contributed by atoms with Crippen LogP contribution in [0.2, 0.25) is 25.7 Å². The van der Waals surface area contributed by atoms with Gasteiger partial charge in [0.15, 0.2) is 5.78 Å². The SMILES string of the molecule is CC(=O)N[C@@H](CCCCNC(=O)OCc1ccccc1)C(=O)CCCNC(=O)[C@H](CCN(C(=O)CO)[C@@H](c1cc(-c2cc(F)ccc2F)cn1Cc1ccccc1)C(C)(C)C)NC(=O)OCC[Si](C)(C)C. The second kappa shape index (κ2) is 27.8. The molecule has 0 radical (unpaired) electrons. The Bertz CT molecular complexity index is 2370. The van der Waals surface area contributed by atoms with Gasteiger partial charge < -0.3 is 45.3 Å². The normalized spacial score (nSPS) is 12.8. The van der Waals surface area contributed by atoms with Gasteiger partial charge in [0, 0.05) is 70.6 Å². The molecular formula is C53H72F2N6O9Si. The molecule has 0 saturated carbocycles. The largest absolute Gasteiger partial charge is 0.450 e. The van der Waals surface area contributed by atoms with Crippen molar-refractivity contribution in [3.8, 4) is 11.1 Å². The number of ketones is 1. The molecule has 0 aliphatic carbocycles. The van der Waals surface area contributed by atoms with E-state index >= 15 is 4.39 Å². The van der Waals surface area contributed by atoms with E-state index in [4.69, 9.17) is 9.47 Å². The number of hydrogen-bond donors (Lipinski definition) is 5. The molecule has 4 aromatic rings. The Morgan fingerprint density at radius 1 is 0.775 bits per heavy atom. The van der Waals surface area contributed by atoms with Crippen LogP contribution in [-0.2, 0) is 41.8 Å². The summed E-state index contributed by atoms with van der Waals surface area (Å²) >= 11 is 0. The van der Waals surface area contributed by atoms with Gasteiger partial charge >= 0.3 is 12.2 Å². The summed E-state index contributed by atoms with van der Waals surface area (Å²) in [5.41, 5.74) is 1.95. The van der Waals surface area contributed by atoms with E-state index in [1.165, 1.54) is 11.8 Å². The van der Waals surface area contributed by atoms with E-state index < -0.39 is 73.9 Å². The molecule has 386 valence electrons. The molecule has 0 saturated heterocycles. The monoisotopic (exact) mass is 1000 g/mol. The van der Waals surface area contributed by atoms with E-state index in [1.807, 2.05) is 86.0 Å². The number of nitrogens with zero attached hydrogens (tertiary/aromatic N) is 2. The number of hydrogen-bond acceptors (Lipinski definition) is 9. The highest BCUT2D eigenvalue weighted by Gasteiger charge is 2.38. The molecule has 5 amide bonds. The number of halogens is 2. The zero-order valence-electron chi connectivity index (χ0n) is 42.2. The van der Waals surface area contributed by atoms with Gasteiger partial charge in [0.1, 0.15) is 30.9 Å². The Morgan fingerprint density at radius 2 is 1.44 bits per heavy atom. The third-order valence-electron chi connectivity index (χ3n) is 11.7. The number of unbranched alkanes of at least 4 members (excludes halogenated alkanes) is 1. The number of carbonyl (C=O) groups excluding carboxylic acids is 6. The molecule has 71 heavy (non-hydrogen) atoms. The lowest BCUT2D eigenvalue weighted by Crippen LogP contribution is -2.50. The van der Waals surface area contributed by atoms with Crippen molar-refractivity contribution in [1.29, 1.82) is 0 Å². The predicted octanol–water partition coefficient (Wildman–Crippen LogP) is 8.28. The van der Waals surface area contributed by atoms with Gasteiger partial charge in [-0.1, -0.05) is 101 Å². The zero-order chi connectivity index (χ0) is 52.1. The first-order valence-electron chi connectivity index (χ1n) is 24.2. The second-order valence-corrected chi connectivity index (χ2v) is 25.6. The predicted molar refractivity (Wildman–Crippen MR) is 271 cm³/mol. The molecule has 1 heterocycles. The van der Waals surface area contributed by atoms with Crippen molar-refractivity contribution in [1.82, 2.24) is 30.7 Å². The van der Waals surface area contributed by atoms with Crippen molar-refractivity contribution >= 4 is 43.8 Å². The van der Waals surface area contributed by atoms with E-state index in [0.29, 0.717) is 49.7 Å². The average Bonchev–Trinajstić information content (AvgIpc) is 3.71. The fraction of sp³-hybridized carbons (Fsp3) is 0.472. The highest BCUT2D eigenvalue weighted by atomic mass is 28.3. The number of carbonyl (C=O) groups is 6. The number of rotatable bonds is 27. The third kappa shape index (κ3) is 19.7. The first-order valence-corrected chi connectivity index (χ1v) is 27.9. The third-order valence-corrected chi connectivity index (χ3v) is 13.4. The van der Waals surface area contributed by atoms with Crippen molar-refractivity contribution in [3.63, 3.8) is 0 Å². The molecule has 0 unspecified atom stereocenters. The first kappa shape index (κ1) is 57.2. The van der Waals surface area contributed by atoms with Gasteiger partial charge in [0.25, 0.3) is 0 Å². The lowest BCUT2D eigenvalue weighted by molar-refractivity contribution is -0.140. The summed E-state index contributed by atoms with van der Waals surface area (Å²) < 4.78 is 42.4. The van der Waals surface area contributed by atoms with E-state index in [-0.39, 0.29) is 62.8 Å². The number of amides is 5. The van der Waals surface area contributed by atoms with E-state index in [9.17, 15) is 38.3 Å². The van der Waals surface area contributed by atoms with E-state index in [2.05, 4.69) is 40.9 Å². The fourth-order valence-electron chi connectivity index (χ4n) is 8.04. The van der Waals surface area contributed by atoms with Crippen molar-refractivity contribution < 1.29 is 52.1 Å². The minimum Gasteiger partial charge on any atom is -0.450 e. The lowest BCUT2D eigenvalue weighted by Gasteiger charge is -2.41. The second-order valence-electron chi connectivity index (χ2n) is 19.9. The number of Topliss-reactive ketones (excluding diaryl/α,β-unsaturated/α-hetero) is 1. The summed E-state index contributed by atoms with van der Waals surface area (Å²) in [5.74, 6) is -3.16. The minimum atomic E-state index is -1.59. The van der Waals surface area contributed by atoms with Crippen molar-refractivity contribution in [3.05, 3.63) is 120 Å². The van der Waals surface area contributed by atoms with Crippen LogP contribution in [0.25, 0.3) is 11.1 Å². The van der Waals surface area contributed by atoms with Gasteiger partial charge in [0.2, 0.25) is 17.7 Å². The number of alkyl carbamates (subject to hydrolysis) is 2. The van der Waals surface area contributed by atoms with Gasteiger partial charge in [-0.15, -0.1) is 0 Å². The van der Waals surface area contributed by atoms with E-state index in [1.54, 1.807) is 12.3 Å². The maximum absolute atomic E-state index is 15.3. The molecule has 0 bridgehead atoms. The van der Waals surface area contributed by atoms with Crippen LogP contribution in [0.3, 0.4) is 0 Å². The molecule has 0 fully saturated rings. The summed E-state index contributed by atoms with van der Waals surface area (Å²) in [5, 5.41) is 21.3. The number of ether oxygens (including phenoxy) is 2. The van der Waals surface area contributed by atoms with E-state index in [0.717, 1.165) is 29.3 Å². The molecule has 3 aromatic carbocycles. The van der Waals surface area contributed by atoms with Crippen LogP contribution < -0.4 is 21.3 Å². The average molecular weight is 1000 g/mol. The van der Waals surface area contributed by atoms with Gasteiger partial charge in [-0.05, 0) is 79.0 Å². The van der Waals surface area contributed by atoms with Crippen molar-refractivity contribution in [2.24, 2.45) is 5.41 Å². The summed E-state index contributed by atoms with van der Waals surface area (Å²) in [6.45, 7) is 13.3. The Kier molecular flexibility index (Phi) is 22.4. The molecule has 0 spiro atoms. The van der Waals surface area contributed by atoms with Crippen LogP contribution in [0, 0.1) is 17.0 Å². The Hall–Kier alpha value is -6.40. The maximum atomic E-state index is 15.3. The lowest BCUT2D eigenvalue weighted by atomic mass is 9.82. The fourth-order valence-corrected chi connectivity index (χ4v) is 8.75. The van der Waals surface area contributed by atoms with Gasteiger partial charge in [-0.3, -0.25) is 19.2 Å². The number of aliphatic hydroxyl groups is 1. The molecule has 4 rings (SSSR count). The minimum absolute atomic E-state index is 0.0162. The number of aromatic nitrogens is 1. The number of nitrogens with one attached hydrogen (secondary N) is 4. The Morgan fingerprint density at radius 3 is 2.07 bits per heavy atom. The standard InChI is InChI=1S/C53H72F2N6O9Si/c1-37(63)58-44(21-14-15-26-57-51(67)70-36-39-19-12-9-13-20-39)47(64)22-16-27-56-50(66)45(59-52(68)69-29-30-71(5,6)7)25-28-61(48(65)35-62)49(53(2,3)4)46-31-40(42-32-41(54)23-24-43(42)55)34-60(46)33-38-17-10-8-11-18-38/h8-13,17-20,23-24,31-32,34,44-45,49,62H,14-16,21-22,25-30,33,35-36H2,1-7H3,(H,56,66)(H,57,67)(H,58,63)(H,59,68)/t44-,45-,49-/m0/s1. The molecule has 3 atom stereocenters. The van der Waals surface area contributed by atoms with Crippen LogP contribution >= 0.6 is 0 Å².